The first kappa shape index (κ1) is 25.0. The van der Waals surface area contributed by atoms with E-state index in [1.807, 2.05) is 43.3 Å². The number of fused-ring (bicyclic) bond motifs is 1. The molecule has 0 bridgehead atoms. The summed E-state index contributed by atoms with van der Waals surface area (Å²) in [4.78, 5) is 26.8. The second-order valence-corrected chi connectivity index (χ2v) is 9.18. The maximum Gasteiger partial charge on any atom is 0.265 e. The lowest BCUT2D eigenvalue weighted by Crippen LogP contribution is -2.39. The number of aryl methyl sites for hydroxylation is 1. The highest BCUT2D eigenvalue weighted by Gasteiger charge is 2.25. The molecule has 6 heteroatoms. The van der Waals surface area contributed by atoms with Gasteiger partial charge in [0.05, 0.1) is 12.3 Å². The van der Waals surface area contributed by atoms with Crippen molar-refractivity contribution in [1.82, 2.24) is 0 Å². The molecule has 0 aromatic heterocycles. The highest BCUT2D eigenvalue weighted by atomic mass is 16.5. The Kier molecular flexibility index (Phi) is 8.06. The number of anilines is 2. The molecule has 1 N–H and O–H groups in total. The second kappa shape index (κ2) is 11.6. The van der Waals surface area contributed by atoms with E-state index < -0.39 is 0 Å². The molecule has 3 aromatic rings. The predicted octanol–water partition coefficient (Wildman–Crippen LogP) is 5.96. The average molecular weight is 485 g/mol. The van der Waals surface area contributed by atoms with Crippen LogP contribution in [-0.4, -0.2) is 31.6 Å². The molecule has 36 heavy (non-hydrogen) atoms. The van der Waals surface area contributed by atoms with Crippen LogP contribution in [-0.2, 0) is 9.59 Å². The Balaban J connectivity index is 1.37. The maximum absolute atomic E-state index is 12.6. The number of ether oxygens (including phenoxy) is 2. The number of carbonyl (C=O) groups excluding carboxylic acids is 2. The zero-order valence-corrected chi connectivity index (χ0v) is 21.0. The Labute approximate surface area is 212 Å². The van der Waals surface area contributed by atoms with Crippen LogP contribution < -0.4 is 19.7 Å². The third-order valence-electron chi connectivity index (χ3n) is 5.98. The van der Waals surface area contributed by atoms with Gasteiger partial charge in [-0.25, -0.2) is 0 Å². The zero-order valence-electron chi connectivity index (χ0n) is 21.0. The minimum absolute atomic E-state index is 0.00419. The average Bonchev–Trinajstić information content (AvgIpc) is 2.86. The molecule has 0 spiro atoms. The van der Waals surface area contributed by atoms with Crippen LogP contribution in [0.15, 0.2) is 72.8 Å². The molecule has 1 aliphatic heterocycles. The predicted molar refractivity (Wildman–Crippen MR) is 144 cm³/mol. The number of benzene rings is 3. The van der Waals surface area contributed by atoms with Crippen molar-refractivity contribution < 1.29 is 19.1 Å². The van der Waals surface area contributed by atoms with Gasteiger partial charge in [0.15, 0.2) is 6.61 Å². The first-order chi connectivity index (χ1) is 17.4. The van der Waals surface area contributed by atoms with E-state index in [0.717, 1.165) is 16.9 Å². The fourth-order valence-electron chi connectivity index (χ4n) is 3.99. The smallest absolute Gasteiger partial charge is 0.265 e. The van der Waals surface area contributed by atoms with E-state index in [2.05, 4.69) is 31.3 Å². The largest absolute Gasteiger partial charge is 0.494 e. The van der Waals surface area contributed by atoms with Gasteiger partial charge in [0.25, 0.3) is 5.91 Å². The normalized spacial score (nSPS) is 13.0. The van der Waals surface area contributed by atoms with Crippen molar-refractivity contribution >= 4 is 29.3 Å². The minimum Gasteiger partial charge on any atom is -0.494 e. The number of carbonyl (C=O) groups is 2. The van der Waals surface area contributed by atoms with Crippen molar-refractivity contribution in [2.24, 2.45) is 0 Å². The van der Waals surface area contributed by atoms with Crippen molar-refractivity contribution in [3.63, 3.8) is 0 Å². The summed E-state index contributed by atoms with van der Waals surface area (Å²) in [5, 5.41) is 2.88. The van der Waals surface area contributed by atoms with Crippen molar-refractivity contribution in [2.45, 2.75) is 33.1 Å². The summed E-state index contributed by atoms with van der Waals surface area (Å²) in [6, 6.07) is 21.4. The van der Waals surface area contributed by atoms with E-state index in [9.17, 15) is 9.59 Å². The summed E-state index contributed by atoms with van der Waals surface area (Å²) in [5.41, 5.74) is 4.59. The molecule has 2 amide bonds. The lowest BCUT2D eigenvalue weighted by molar-refractivity contribution is -0.121. The van der Waals surface area contributed by atoms with Gasteiger partial charge in [0, 0.05) is 18.3 Å². The standard InChI is InChI=1S/C30H32N2O4/c1-21(2)24-11-8-23(9-12-24)10-15-29(33)31-25-13-14-28-27(19-25)32(30(34)20-36-28)16-5-17-35-26-7-4-6-22(3)18-26/h4,6-15,18-19,21H,5,16-17,20H2,1-3H3,(H,31,33)/b15-10+. The van der Waals surface area contributed by atoms with Crippen LogP contribution in [0, 0.1) is 6.92 Å². The molecule has 4 rings (SSSR count). The van der Waals surface area contributed by atoms with Crippen LogP contribution in [0.5, 0.6) is 11.5 Å². The summed E-state index contributed by atoms with van der Waals surface area (Å²) in [6.45, 7) is 7.29. The number of hydrogen-bond donors (Lipinski definition) is 1. The molecule has 1 aliphatic rings. The van der Waals surface area contributed by atoms with Gasteiger partial charge in [0.1, 0.15) is 11.5 Å². The van der Waals surface area contributed by atoms with Crippen LogP contribution in [0.2, 0.25) is 0 Å². The van der Waals surface area contributed by atoms with Gasteiger partial charge in [-0.15, -0.1) is 0 Å². The molecule has 0 saturated heterocycles. The molecule has 0 saturated carbocycles. The van der Waals surface area contributed by atoms with Crippen molar-refractivity contribution in [3.8, 4) is 11.5 Å². The lowest BCUT2D eigenvalue weighted by Gasteiger charge is -2.29. The summed E-state index contributed by atoms with van der Waals surface area (Å²) in [6.07, 6.45) is 3.95. The quantitative estimate of drug-likeness (QED) is 0.300. The molecule has 0 radical (unpaired) electrons. The number of nitrogens with one attached hydrogen (secondary N) is 1. The highest BCUT2D eigenvalue weighted by molar-refractivity contribution is 6.03. The third kappa shape index (κ3) is 6.54. The van der Waals surface area contributed by atoms with Gasteiger partial charge in [-0.3, -0.25) is 9.59 Å². The van der Waals surface area contributed by atoms with Gasteiger partial charge < -0.3 is 19.7 Å². The fraction of sp³-hybridized carbons (Fsp3) is 0.267. The molecule has 0 fully saturated rings. The summed E-state index contributed by atoms with van der Waals surface area (Å²) in [7, 11) is 0. The van der Waals surface area contributed by atoms with Crippen LogP contribution in [0.25, 0.3) is 6.08 Å². The Hall–Kier alpha value is -4.06. The fourth-order valence-corrected chi connectivity index (χ4v) is 3.99. The van der Waals surface area contributed by atoms with E-state index in [1.54, 1.807) is 29.2 Å². The van der Waals surface area contributed by atoms with Gasteiger partial charge in [-0.05, 0) is 72.4 Å². The van der Waals surface area contributed by atoms with E-state index in [-0.39, 0.29) is 18.4 Å². The van der Waals surface area contributed by atoms with Crippen molar-refractivity contribution in [2.75, 3.05) is 30.0 Å². The molecular formula is C30H32N2O4. The topological polar surface area (TPSA) is 67.9 Å². The summed E-state index contributed by atoms with van der Waals surface area (Å²) in [5.74, 6) is 1.53. The Bertz CT molecular complexity index is 1250. The number of nitrogens with zero attached hydrogens (tertiary/aromatic N) is 1. The van der Waals surface area contributed by atoms with Crippen molar-refractivity contribution in [1.29, 1.82) is 0 Å². The number of rotatable bonds is 9. The van der Waals surface area contributed by atoms with Crippen LogP contribution in [0.4, 0.5) is 11.4 Å². The van der Waals surface area contributed by atoms with E-state index in [4.69, 9.17) is 9.47 Å². The number of amides is 2. The van der Waals surface area contributed by atoms with Crippen LogP contribution in [0.1, 0.15) is 42.9 Å². The van der Waals surface area contributed by atoms with Gasteiger partial charge in [-0.2, -0.15) is 0 Å². The zero-order chi connectivity index (χ0) is 25.5. The Morgan fingerprint density at radius 2 is 1.92 bits per heavy atom. The molecular weight excluding hydrogens is 452 g/mol. The van der Waals surface area contributed by atoms with E-state index >= 15 is 0 Å². The van der Waals surface area contributed by atoms with Crippen LogP contribution in [0.3, 0.4) is 0 Å². The molecule has 1 heterocycles. The molecule has 0 aliphatic carbocycles. The van der Waals surface area contributed by atoms with E-state index in [0.29, 0.717) is 42.6 Å². The minimum atomic E-state index is -0.246. The molecule has 0 atom stereocenters. The van der Waals surface area contributed by atoms with E-state index in [1.165, 1.54) is 11.6 Å². The second-order valence-electron chi connectivity index (χ2n) is 9.18. The highest BCUT2D eigenvalue weighted by Crippen LogP contribution is 2.34. The molecule has 3 aromatic carbocycles. The maximum atomic E-state index is 12.6. The molecule has 186 valence electrons. The molecule has 0 unspecified atom stereocenters. The first-order valence-electron chi connectivity index (χ1n) is 12.2. The van der Waals surface area contributed by atoms with Gasteiger partial charge in [0.2, 0.25) is 5.91 Å². The Morgan fingerprint density at radius 3 is 2.67 bits per heavy atom. The van der Waals surface area contributed by atoms with Gasteiger partial charge in [-0.1, -0.05) is 50.2 Å². The van der Waals surface area contributed by atoms with Crippen LogP contribution >= 0.6 is 0 Å². The monoisotopic (exact) mass is 484 g/mol. The third-order valence-corrected chi connectivity index (χ3v) is 5.98. The summed E-state index contributed by atoms with van der Waals surface area (Å²) >= 11 is 0. The van der Waals surface area contributed by atoms with Gasteiger partial charge >= 0.3 is 0 Å². The first-order valence-corrected chi connectivity index (χ1v) is 12.2. The SMILES string of the molecule is Cc1cccc(OCCCN2C(=O)COc3ccc(NC(=O)/C=C/c4ccc(C(C)C)cc4)cc32)c1. The van der Waals surface area contributed by atoms with Crippen molar-refractivity contribution in [3.05, 3.63) is 89.5 Å². The molecule has 6 nitrogen and oxygen atoms in total. The number of hydrogen-bond acceptors (Lipinski definition) is 4. The Morgan fingerprint density at radius 1 is 1.11 bits per heavy atom. The summed E-state index contributed by atoms with van der Waals surface area (Å²) < 4.78 is 11.4. The lowest BCUT2D eigenvalue weighted by atomic mass is 10.0.